The van der Waals surface area contributed by atoms with Crippen LogP contribution in [0.15, 0.2) is 24.3 Å². The fraction of sp³-hybridized carbons (Fsp3) is 0.588. The Hall–Kier alpha value is -1.56. The summed E-state index contributed by atoms with van der Waals surface area (Å²) in [5, 5.41) is 12.2. The normalized spacial score (nSPS) is 14.5. The second-order valence-electron chi connectivity index (χ2n) is 5.84. The van der Waals surface area contributed by atoms with Crippen molar-refractivity contribution in [3.63, 3.8) is 0 Å². The van der Waals surface area contributed by atoms with Crippen LogP contribution in [-0.2, 0) is 17.4 Å². The van der Waals surface area contributed by atoms with E-state index in [0.717, 1.165) is 25.0 Å². The average Bonchev–Trinajstić information content (AvgIpc) is 2.48. The second-order valence-corrected chi connectivity index (χ2v) is 5.84. The molecule has 0 saturated carbocycles. The lowest BCUT2D eigenvalue weighted by Gasteiger charge is -2.20. The number of nitrogens with one attached hydrogen (secondary N) is 1. The van der Waals surface area contributed by atoms with Crippen molar-refractivity contribution in [1.29, 1.82) is 0 Å². The van der Waals surface area contributed by atoms with Crippen LogP contribution in [0.25, 0.3) is 0 Å². The molecule has 1 aromatic rings. The third-order valence-electron chi connectivity index (χ3n) is 3.75. The molecule has 2 unspecified atom stereocenters. The highest BCUT2D eigenvalue weighted by Gasteiger charge is 2.30. The molecule has 1 aromatic carbocycles. The van der Waals surface area contributed by atoms with Crippen LogP contribution in [0, 0.1) is 0 Å². The van der Waals surface area contributed by atoms with Gasteiger partial charge in [0.1, 0.15) is 6.04 Å². The molecule has 3 nitrogen and oxygen atoms in total. The highest BCUT2D eigenvalue weighted by atomic mass is 19.4. The maximum Gasteiger partial charge on any atom is 0.416 e. The number of aryl methyl sites for hydroxylation is 1. The Kier molecular flexibility index (Phi) is 7.55. The van der Waals surface area contributed by atoms with E-state index < -0.39 is 23.8 Å². The number of carboxylic acids is 1. The first kappa shape index (κ1) is 19.5. The fourth-order valence-corrected chi connectivity index (χ4v) is 2.40. The predicted octanol–water partition coefficient (Wildman–Crippen LogP) is 4.26. The minimum atomic E-state index is -4.34. The number of hydrogen-bond donors (Lipinski definition) is 2. The summed E-state index contributed by atoms with van der Waals surface area (Å²) >= 11 is 0. The maximum absolute atomic E-state index is 12.7. The highest BCUT2D eigenvalue weighted by molar-refractivity contribution is 5.73. The Balaban J connectivity index is 2.55. The van der Waals surface area contributed by atoms with Gasteiger partial charge in [0.2, 0.25) is 0 Å². The van der Waals surface area contributed by atoms with E-state index >= 15 is 0 Å². The standard InChI is InChI=1S/C17H24F3NO2/c1-3-4-8-15(16(22)23)21-12(2)9-10-13-6-5-7-14(11-13)17(18,19)20/h5-7,11-12,15,21H,3-4,8-10H2,1-2H3,(H,22,23). The molecule has 0 saturated heterocycles. The summed E-state index contributed by atoms with van der Waals surface area (Å²) in [7, 11) is 0. The molecule has 0 aliphatic heterocycles. The largest absolute Gasteiger partial charge is 0.480 e. The first-order chi connectivity index (χ1) is 10.7. The Morgan fingerprint density at radius 2 is 2.00 bits per heavy atom. The molecule has 0 aliphatic rings. The summed E-state index contributed by atoms with van der Waals surface area (Å²) < 4.78 is 38.0. The smallest absolute Gasteiger partial charge is 0.416 e. The molecular formula is C17H24F3NO2. The molecule has 130 valence electrons. The third kappa shape index (κ3) is 7.03. The average molecular weight is 331 g/mol. The zero-order valence-corrected chi connectivity index (χ0v) is 13.5. The van der Waals surface area contributed by atoms with Crippen molar-refractivity contribution in [2.75, 3.05) is 0 Å². The van der Waals surface area contributed by atoms with Crippen molar-refractivity contribution >= 4 is 5.97 Å². The molecule has 0 aromatic heterocycles. The highest BCUT2D eigenvalue weighted by Crippen LogP contribution is 2.29. The van der Waals surface area contributed by atoms with Crippen molar-refractivity contribution in [3.8, 4) is 0 Å². The van der Waals surface area contributed by atoms with Gasteiger partial charge in [-0.15, -0.1) is 0 Å². The number of unbranched alkanes of at least 4 members (excludes halogenated alkanes) is 1. The van der Waals surface area contributed by atoms with Crippen LogP contribution in [0.4, 0.5) is 13.2 Å². The van der Waals surface area contributed by atoms with E-state index in [4.69, 9.17) is 0 Å². The minimum absolute atomic E-state index is 0.0810. The SMILES string of the molecule is CCCCC(NC(C)CCc1cccc(C(F)(F)F)c1)C(=O)O. The monoisotopic (exact) mass is 331 g/mol. The molecule has 0 spiro atoms. The van der Waals surface area contributed by atoms with Gasteiger partial charge in [0.15, 0.2) is 0 Å². The molecule has 0 radical (unpaired) electrons. The Bertz CT molecular complexity index is 503. The van der Waals surface area contributed by atoms with Gasteiger partial charge in [0, 0.05) is 6.04 Å². The van der Waals surface area contributed by atoms with Crippen molar-refractivity contribution in [1.82, 2.24) is 5.32 Å². The number of halogens is 3. The summed E-state index contributed by atoms with van der Waals surface area (Å²) in [5.41, 5.74) is -0.0455. The van der Waals surface area contributed by atoms with Gasteiger partial charge in [-0.25, -0.2) is 0 Å². The third-order valence-corrected chi connectivity index (χ3v) is 3.75. The van der Waals surface area contributed by atoms with Gasteiger partial charge >= 0.3 is 12.1 Å². The van der Waals surface area contributed by atoms with Gasteiger partial charge in [0.25, 0.3) is 0 Å². The number of aliphatic carboxylic acids is 1. The maximum atomic E-state index is 12.7. The van der Waals surface area contributed by atoms with E-state index in [0.29, 0.717) is 24.8 Å². The lowest BCUT2D eigenvalue weighted by atomic mass is 10.0. The first-order valence-corrected chi connectivity index (χ1v) is 7.89. The van der Waals surface area contributed by atoms with Crippen molar-refractivity contribution in [2.45, 2.75) is 64.2 Å². The molecule has 0 amide bonds. The topological polar surface area (TPSA) is 49.3 Å². The Labute approximate surface area is 134 Å². The van der Waals surface area contributed by atoms with Crippen LogP contribution < -0.4 is 5.32 Å². The van der Waals surface area contributed by atoms with Gasteiger partial charge in [-0.3, -0.25) is 4.79 Å². The van der Waals surface area contributed by atoms with E-state index in [-0.39, 0.29) is 6.04 Å². The van der Waals surface area contributed by atoms with E-state index in [1.165, 1.54) is 6.07 Å². The number of carbonyl (C=O) groups is 1. The van der Waals surface area contributed by atoms with E-state index in [9.17, 15) is 23.1 Å². The molecule has 0 bridgehead atoms. The number of alkyl halides is 3. The lowest BCUT2D eigenvalue weighted by Crippen LogP contribution is -2.42. The number of rotatable bonds is 9. The molecule has 2 atom stereocenters. The molecule has 0 heterocycles. The van der Waals surface area contributed by atoms with Gasteiger partial charge in [-0.2, -0.15) is 13.2 Å². The van der Waals surface area contributed by atoms with Crippen molar-refractivity contribution in [2.24, 2.45) is 0 Å². The Morgan fingerprint density at radius 1 is 1.30 bits per heavy atom. The summed E-state index contributed by atoms with van der Waals surface area (Å²) in [6, 6.07) is 4.58. The van der Waals surface area contributed by atoms with Crippen LogP contribution in [0.2, 0.25) is 0 Å². The Morgan fingerprint density at radius 3 is 2.57 bits per heavy atom. The summed E-state index contributed by atoms with van der Waals surface area (Å²) in [6.07, 6.45) is -0.988. The fourth-order valence-electron chi connectivity index (χ4n) is 2.40. The summed E-state index contributed by atoms with van der Waals surface area (Å²) in [6.45, 7) is 3.85. The zero-order chi connectivity index (χ0) is 17.5. The molecule has 0 fully saturated rings. The molecule has 2 N–H and O–H groups in total. The minimum Gasteiger partial charge on any atom is -0.480 e. The van der Waals surface area contributed by atoms with Crippen LogP contribution >= 0.6 is 0 Å². The van der Waals surface area contributed by atoms with Gasteiger partial charge < -0.3 is 10.4 Å². The second kappa shape index (κ2) is 8.91. The molecular weight excluding hydrogens is 307 g/mol. The number of hydrogen-bond acceptors (Lipinski definition) is 2. The van der Waals surface area contributed by atoms with E-state index in [1.54, 1.807) is 6.07 Å². The number of benzene rings is 1. The number of carboxylic acid groups (broad SMARTS) is 1. The van der Waals surface area contributed by atoms with E-state index in [1.807, 2.05) is 13.8 Å². The van der Waals surface area contributed by atoms with Crippen molar-refractivity contribution in [3.05, 3.63) is 35.4 Å². The van der Waals surface area contributed by atoms with Crippen LogP contribution in [0.5, 0.6) is 0 Å². The quantitative estimate of drug-likeness (QED) is 0.711. The summed E-state index contributed by atoms with van der Waals surface area (Å²) in [4.78, 5) is 11.2. The van der Waals surface area contributed by atoms with Crippen molar-refractivity contribution < 1.29 is 23.1 Å². The van der Waals surface area contributed by atoms with E-state index in [2.05, 4.69) is 5.32 Å². The van der Waals surface area contributed by atoms with Gasteiger partial charge in [-0.1, -0.05) is 38.0 Å². The molecule has 1 rings (SSSR count). The first-order valence-electron chi connectivity index (χ1n) is 7.89. The van der Waals surface area contributed by atoms with Crippen LogP contribution in [0.1, 0.15) is 50.7 Å². The van der Waals surface area contributed by atoms with Crippen LogP contribution in [-0.4, -0.2) is 23.2 Å². The van der Waals surface area contributed by atoms with Gasteiger partial charge in [0.05, 0.1) is 5.56 Å². The molecule has 0 aliphatic carbocycles. The van der Waals surface area contributed by atoms with Crippen LogP contribution in [0.3, 0.4) is 0 Å². The zero-order valence-electron chi connectivity index (χ0n) is 13.5. The lowest BCUT2D eigenvalue weighted by molar-refractivity contribution is -0.140. The molecule has 23 heavy (non-hydrogen) atoms. The predicted molar refractivity (Wildman–Crippen MR) is 83.3 cm³/mol. The molecule has 6 heteroatoms. The summed E-state index contributed by atoms with van der Waals surface area (Å²) in [5.74, 6) is -0.885. The van der Waals surface area contributed by atoms with Gasteiger partial charge in [-0.05, 0) is 37.8 Å².